The van der Waals surface area contributed by atoms with Gasteiger partial charge in [0, 0.05) is 19.2 Å². The molecule has 1 N–H and O–H groups in total. The fourth-order valence-electron chi connectivity index (χ4n) is 2.04. The summed E-state index contributed by atoms with van der Waals surface area (Å²) in [5.41, 5.74) is -0.820. The number of carbonyl (C=O) groups is 1. The molecule has 0 aliphatic carbocycles. The molecule has 0 unspecified atom stereocenters. The van der Waals surface area contributed by atoms with Gasteiger partial charge in [-0.25, -0.2) is 4.68 Å². The highest BCUT2D eigenvalue weighted by molar-refractivity contribution is 7.98. The van der Waals surface area contributed by atoms with Crippen LogP contribution in [-0.4, -0.2) is 46.2 Å². The van der Waals surface area contributed by atoms with Crippen LogP contribution in [0.25, 0.3) is 5.70 Å². The van der Waals surface area contributed by atoms with Crippen molar-refractivity contribution in [2.45, 2.75) is 12.6 Å². The molecule has 0 bridgehead atoms. The first-order chi connectivity index (χ1) is 10.8. The van der Waals surface area contributed by atoms with E-state index >= 15 is 0 Å². The van der Waals surface area contributed by atoms with Gasteiger partial charge < -0.3 is 10.2 Å². The lowest BCUT2D eigenvalue weighted by Crippen LogP contribution is -2.19. The highest BCUT2D eigenvalue weighted by atomic mass is 32.2. The number of nitrogens with zero attached hydrogens (tertiary/aromatic N) is 3. The molecule has 126 valence electrons. The van der Waals surface area contributed by atoms with Gasteiger partial charge in [0.2, 0.25) is 5.91 Å². The van der Waals surface area contributed by atoms with E-state index in [0.29, 0.717) is 18.0 Å². The molecule has 0 radical (unpaired) electrons. The van der Waals surface area contributed by atoms with E-state index in [0.717, 1.165) is 4.68 Å². The maximum absolute atomic E-state index is 13.1. The van der Waals surface area contributed by atoms with Gasteiger partial charge in [-0.05, 0) is 24.6 Å². The van der Waals surface area contributed by atoms with E-state index in [-0.39, 0.29) is 12.1 Å². The van der Waals surface area contributed by atoms with Crippen LogP contribution in [0.2, 0.25) is 0 Å². The number of alkyl halides is 3. The maximum Gasteiger partial charge on any atom is 0.437 e. The molecular formula is C14H17F3N4OS. The van der Waals surface area contributed by atoms with E-state index in [2.05, 4.69) is 10.4 Å². The Hall–Kier alpha value is -1.90. The minimum atomic E-state index is -4.63. The summed E-state index contributed by atoms with van der Waals surface area (Å²) in [7, 11) is 1.81. The van der Waals surface area contributed by atoms with Crippen molar-refractivity contribution in [2.24, 2.45) is 0 Å². The van der Waals surface area contributed by atoms with Gasteiger partial charge in [0.15, 0.2) is 5.69 Å². The van der Waals surface area contributed by atoms with Crippen LogP contribution >= 0.6 is 11.8 Å². The number of amides is 1. The SMILES string of the molecule is CSCCC(=O)Nc1cn(C2=CC=CN(C)C2)nc1C(F)(F)F. The summed E-state index contributed by atoms with van der Waals surface area (Å²) >= 11 is 1.45. The van der Waals surface area contributed by atoms with Crippen LogP contribution in [0.15, 0.2) is 24.5 Å². The molecule has 1 aliphatic heterocycles. The third kappa shape index (κ3) is 4.54. The third-order valence-corrected chi connectivity index (χ3v) is 3.74. The van der Waals surface area contributed by atoms with Crippen molar-refractivity contribution >= 4 is 29.1 Å². The van der Waals surface area contributed by atoms with Gasteiger partial charge in [0.05, 0.1) is 24.1 Å². The second kappa shape index (κ2) is 7.12. The predicted molar refractivity (Wildman–Crippen MR) is 84.9 cm³/mol. The van der Waals surface area contributed by atoms with Gasteiger partial charge in [0.25, 0.3) is 0 Å². The lowest BCUT2D eigenvalue weighted by atomic mass is 10.3. The van der Waals surface area contributed by atoms with Crippen molar-refractivity contribution in [3.63, 3.8) is 0 Å². The molecule has 0 saturated heterocycles. The van der Waals surface area contributed by atoms with Crippen LogP contribution in [0.4, 0.5) is 18.9 Å². The van der Waals surface area contributed by atoms with Crippen LogP contribution in [0.3, 0.4) is 0 Å². The van der Waals surface area contributed by atoms with Crippen LogP contribution in [0.1, 0.15) is 12.1 Å². The van der Waals surface area contributed by atoms with E-state index < -0.39 is 17.8 Å². The highest BCUT2D eigenvalue weighted by Gasteiger charge is 2.38. The number of rotatable bonds is 5. The molecule has 2 rings (SSSR count). The molecule has 2 heterocycles. The smallest absolute Gasteiger partial charge is 0.375 e. The second-order valence-electron chi connectivity index (χ2n) is 5.04. The van der Waals surface area contributed by atoms with E-state index in [9.17, 15) is 18.0 Å². The molecule has 0 aromatic carbocycles. The Bertz CT molecular complexity index is 636. The number of hydrogen-bond acceptors (Lipinski definition) is 4. The Labute approximate surface area is 136 Å². The molecule has 0 saturated carbocycles. The molecular weight excluding hydrogens is 329 g/mol. The number of thioether (sulfide) groups is 1. The molecule has 23 heavy (non-hydrogen) atoms. The first-order valence-corrected chi connectivity index (χ1v) is 8.24. The molecule has 0 spiro atoms. The monoisotopic (exact) mass is 346 g/mol. The quantitative estimate of drug-likeness (QED) is 0.891. The first kappa shape index (κ1) is 17.5. The van der Waals surface area contributed by atoms with Crippen LogP contribution in [0, 0.1) is 0 Å². The summed E-state index contributed by atoms with van der Waals surface area (Å²) < 4.78 is 40.6. The normalized spacial score (nSPS) is 14.8. The van der Waals surface area contributed by atoms with Gasteiger partial charge in [0.1, 0.15) is 0 Å². The molecule has 1 aromatic heterocycles. The number of nitrogens with one attached hydrogen (secondary N) is 1. The Balaban J connectivity index is 2.28. The summed E-state index contributed by atoms with van der Waals surface area (Å²) in [6.45, 7) is 0.426. The number of halogens is 3. The zero-order valence-electron chi connectivity index (χ0n) is 12.7. The lowest BCUT2D eigenvalue weighted by molar-refractivity contribution is -0.140. The lowest BCUT2D eigenvalue weighted by Gasteiger charge is -2.19. The van der Waals surface area contributed by atoms with Crippen molar-refractivity contribution < 1.29 is 18.0 Å². The minimum Gasteiger partial charge on any atom is -0.375 e. The van der Waals surface area contributed by atoms with Crippen molar-refractivity contribution in [2.75, 3.05) is 30.9 Å². The van der Waals surface area contributed by atoms with Crippen LogP contribution in [0.5, 0.6) is 0 Å². The molecule has 0 atom stereocenters. The van der Waals surface area contributed by atoms with E-state index in [1.54, 1.807) is 12.2 Å². The third-order valence-electron chi connectivity index (χ3n) is 3.12. The second-order valence-corrected chi connectivity index (χ2v) is 6.02. The number of allylic oxidation sites excluding steroid dienone is 2. The fraction of sp³-hybridized carbons (Fsp3) is 0.429. The predicted octanol–water partition coefficient (Wildman–Crippen LogP) is 2.89. The average molecular weight is 346 g/mol. The molecule has 9 heteroatoms. The Morgan fingerprint density at radius 3 is 2.83 bits per heavy atom. The van der Waals surface area contributed by atoms with Crippen molar-refractivity contribution in [3.05, 3.63) is 30.2 Å². The molecule has 1 amide bonds. The number of carbonyl (C=O) groups excluding carboxylic acids is 1. The van der Waals surface area contributed by atoms with E-state index in [4.69, 9.17) is 0 Å². The minimum absolute atomic E-state index is 0.151. The van der Waals surface area contributed by atoms with E-state index in [1.165, 1.54) is 18.0 Å². The largest absolute Gasteiger partial charge is 0.437 e. The Kier molecular flexibility index (Phi) is 5.40. The summed E-state index contributed by atoms with van der Waals surface area (Å²) in [5, 5.41) is 5.92. The molecule has 1 aliphatic rings. The van der Waals surface area contributed by atoms with Gasteiger partial charge in [-0.15, -0.1) is 0 Å². The summed E-state index contributed by atoms with van der Waals surface area (Å²) in [6, 6.07) is 0. The van der Waals surface area contributed by atoms with Crippen LogP contribution < -0.4 is 5.32 Å². The van der Waals surface area contributed by atoms with Crippen molar-refractivity contribution in [1.82, 2.24) is 14.7 Å². The molecule has 1 aromatic rings. The Morgan fingerprint density at radius 2 is 2.22 bits per heavy atom. The highest BCUT2D eigenvalue weighted by Crippen LogP contribution is 2.34. The number of hydrogen-bond donors (Lipinski definition) is 1. The summed E-state index contributed by atoms with van der Waals surface area (Å²) in [6.07, 6.45) is 3.77. The first-order valence-electron chi connectivity index (χ1n) is 6.85. The van der Waals surface area contributed by atoms with Crippen molar-refractivity contribution in [1.29, 1.82) is 0 Å². The summed E-state index contributed by atoms with van der Waals surface area (Å²) in [4.78, 5) is 13.5. The molecule has 5 nitrogen and oxygen atoms in total. The number of aromatic nitrogens is 2. The van der Waals surface area contributed by atoms with Gasteiger partial charge in [-0.1, -0.05) is 0 Å². The fourth-order valence-corrected chi connectivity index (χ4v) is 2.43. The maximum atomic E-state index is 13.1. The zero-order valence-corrected chi connectivity index (χ0v) is 13.5. The number of likely N-dealkylation sites (N-methyl/N-ethyl adjacent to an activating group) is 1. The van der Waals surface area contributed by atoms with Crippen molar-refractivity contribution in [3.8, 4) is 0 Å². The number of anilines is 1. The van der Waals surface area contributed by atoms with Gasteiger partial charge in [-0.2, -0.15) is 30.0 Å². The molecule has 0 fully saturated rings. The van der Waals surface area contributed by atoms with Gasteiger partial charge >= 0.3 is 6.18 Å². The Morgan fingerprint density at radius 1 is 1.48 bits per heavy atom. The average Bonchev–Trinajstić information content (AvgIpc) is 2.89. The van der Waals surface area contributed by atoms with E-state index in [1.807, 2.05) is 24.4 Å². The van der Waals surface area contributed by atoms with Gasteiger partial charge in [-0.3, -0.25) is 4.79 Å². The topological polar surface area (TPSA) is 50.2 Å². The van der Waals surface area contributed by atoms with Crippen LogP contribution in [-0.2, 0) is 11.0 Å². The summed E-state index contributed by atoms with van der Waals surface area (Å²) in [5.74, 6) is 0.0845. The zero-order chi connectivity index (χ0) is 17.0. The standard InChI is InChI=1S/C14H17F3N4OS/c1-20-6-3-4-10(8-20)21-9-11(13(19-21)14(15,16)17)18-12(22)5-7-23-2/h3-4,6,9H,5,7-8H2,1-2H3,(H,18,22).